The van der Waals surface area contributed by atoms with Gasteiger partial charge >= 0.3 is 19.5 Å². The maximum atomic E-state index is 7.75. The molecule has 0 saturated carbocycles. The van der Waals surface area contributed by atoms with Crippen molar-refractivity contribution in [3.63, 3.8) is 0 Å². The van der Waals surface area contributed by atoms with E-state index in [4.69, 9.17) is 20.2 Å². The summed E-state index contributed by atoms with van der Waals surface area (Å²) in [5.41, 5.74) is 0.154. The minimum absolute atomic E-state index is 0. The van der Waals surface area contributed by atoms with Crippen molar-refractivity contribution in [2.75, 3.05) is 13.1 Å². The molecule has 0 amide bonds. The summed E-state index contributed by atoms with van der Waals surface area (Å²) in [4.78, 5) is 15.5. The predicted molar refractivity (Wildman–Crippen MR) is 134 cm³/mol. The maximum Gasteiger partial charge on any atom is 6.00 e. The third-order valence-corrected chi connectivity index (χ3v) is 4.63. The molecule has 0 aromatic carbocycles. The molecule has 2 atom stereocenters. The molecule has 0 saturated heterocycles. The van der Waals surface area contributed by atoms with Crippen LogP contribution in [-0.4, -0.2) is 50.1 Å². The summed E-state index contributed by atoms with van der Waals surface area (Å²) < 4.78 is 0. The van der Waals surface area contributed by atoms with Gasteiger partial charge in [0.05, 0.1) is 0 Å². The van der Waals surface area contributed by atoms with Gasteiger partial charge in [-0.2, -0.15) is 13.1 Å². The van der Waals surface area contributed by atoms with E-state index < -0.39 is 0 Å². The summed E-state index contributed by atoms with van der Waals surface area (Å²) in [5.74, 6) is 1.04. The zero-order valence-electron chi connectivity index (χ0n) is 22.3. The minimum Gasteiger partial charge on any atom is -0.678 e. The van der Waals surface area contributed by atoms with Crippen LogP contribution in [0.5, 0.6) is 0 Å². The van der Waals surface area contributed by atoms with E-state index in [1.807, 2.05) is 0 Å². The Morgan fingerprint density at radius 1 is 0.613 bits per heavy atom. The average Bonchev–Trinajstić information content (AvgIpc) is 2.70. The van der Waals surface area contributed by atoms with Crippen molar-refractivity contribution in [3.05, 3.63) is 21.3 Å². The minimum atomic E-state index is 0. The first-order valence-corrected chi connectivity index (χ1v) is 11.1. The van der Waals surface area contributed by atoms with E-state index in [0.717, 1.165) is 25.9 Å². The number of nitrogens with zero attached hydrogens (tertiary/aromatic N) is 4. The van der Waals surface area contributed by atoms with Crippen LogP contribution >= 0.6 is 0 Å². The second-order valence-electron chi connectivity index (χ2n) is 8.90. The van der Waals surface area contributed by atoms with Crippen molar-refractivity contribution in [2.45, 2.75) is 119 Å². The molecule has 0 radical (unpaired) electrons. The summed E-state index contributed by atoms with van der Waals surface area (Å²) in [6.07, 6.45) is 2.52. The van der Waals surface area contributed by atoms with Crippen molar-refractivity contribution >= 4 is 13.6 Å². The summed E-state index contributed by atoms with van der Waals surface area (Å²) in [7, 11) is 0. The molecule has 31 heavy (non-hydrogen) atoms. The number of carbonyl (C=O) groups excluding carboxylic acids is 2. The van der Waals surface area contributed by atoms with Gasteiger partial charge in [0.1, 0.15) is 0 Å². The van der Waals surface area contributed by atoms with Gasteiger partial charge in [0.25, 0.3) is 0 Å². The topological polar surface area (TPSA) is 90.5 Å². The summed E-state index contributed by atoms with van der Waals surface area (Å²) >= 11 is 0. The molecule has 0 rings (SSSR count). The third kappa shape index (κ3) is 25.9. The van der Waals surface area contributed by atoms with E-state index in [1.54, 1.807) is 0 Å². The first-order chi connectivity index (χ1) is 13.9. The van der Waals surface area contributed by atoms with Crippen LogP contribution in [0.4, 0.5) is 0 Å². The summed E-state index contributed by atoms with van der Waals surface area (Å²) in [6, 6.07) is 0. The number of hydrogen-bond donors (Lipinski definition) is 0. The van der Waals surface area contributed by atoms with Gasteiger partial charge in [-0.1, -0.05) is 108 Å². The largest absolute Gasteiger partial charge is 6.00 e. The van der Waals surface area contributed by atoms with E-state index in [0.29, 0.717) is 11.8 Å². The van der Waals surface area contributed by atoms with Gasteiger partial charge in [-0.25, -0.2) is 12.3 Å². The van der Waals surface area contributed by atoms with Crippen molar-refractivity contribution < 1.29 is 29.1 Å². The fraction of sp³-hybridized carbons (Fsp3) is 0.917. The molecule has 6 nitrogen and oxygen atoms in total. The van der Waals surface area contributed by atoms with Crippen LogP contribution in [0.1, 0.15) is 95.9 Å². The molecule has 0 aliphatic rings. The Labute approximate surface area is 208 Å². The summed E-state index contributed by atoms with van der Waals surface area (Å²) in [6.45, 7) is 34.1. The smallest absolute Gasteiger partial charge is 0.678 e. The van der Waals surface area contributed by atoms with Gasteiger partial charge in [0.15, 0.2) is 0 Å². The van der Waals surface area contributed by atoms with Gasteiger partial charge in [-0.15, -0.1) is 11.1 Å². The van der Waals surface area contributed by atoms with Crippen LogP contribution in [0.3, 0.4) is 0 Å². The quantitative estimate of drug-likeness (QED) is 0.151. The van der Waals surface area contributed by atoms with Crippen molar-refractivity contribution in [2.24, 2.45) is 11.8 Å². The van der Waals surface area contributed by atoms with Crippen LogP contribution in [0.15, 0.2) is 0 Å². The number of rotatable bonds is 12. The Morgan fingerprint density at radius 2 is 0.839 bits per heavy atom. The normalized spacial score (nSPS) is 12.8. The van der Waals surface area contributed by atoms with Crippen LogP contribution in [0.25, 0.3) is 21.3 Å². The number of hydrogen-bond acceptors (Lipinski definition) is 2. The van der Waals surface area contributed by atoms with Gasteiger partial charge in [0.2, 0.25) is 0 Å². The van der Waals surface area contributed by atoms with Crippen molar-refractivity contribution in [1.82, 2.24) is 0 Å². The third-order valence-electron chi connectivity index (χ3n) is 4.63. The molecule has 0 heterocycles. The SMILES string of the molecule is CC[N-]C([N-]C(C)(C)CC)C(C)C.CC[N-]C([N-]C(C)(C)CC)C(C)C.[CH-]=O.[CH-]=O.[Ru+6]. The second kappa shape index (κ2) is 24.4. The average molecular weight is 528 g/mol. The summed E-state index contributed by atoms with van der Waals surface area (Å²) in [5, 5.41) is 18.5. The Hall–Kier alpha value is -0.197. The molecule has 2 unspecified atom stereocenters. The Bertz CT molecular complexity index is 333. The van der Waals surface area contributed by atoms with E-state index >= 15 is 0 Å². The fourth-order valence-electron chi connectivity index (χ4n) is 2.07. The van der Waals surface area contributed by atoms with Crippen LogP contribution in [-0.2, 0) is 29.1 Å². The van der Waals surface area contributed by atoms with E-state index in [9.17, 15) is 0 Å². The Kier molecular flexibility index (Phi) is 32.4. The van der Waals surface area contributed by atoms with Gasteiger partial charge in [-0.05, 0) is 0 Å². The predicted octanol–water partition coefficient (Wildman–Crippen LogP) is 7.30. The molecular weight excluding hydrogens is 477 g/mol. The van der Waals surface area contributed by atoms with Gasteiger partial charge in [-0.3, -0.25) is 13.6 Å². The van der Waals surface area contributed by atoms with Gasteiger partial charge < -0.3 is 30.9 Å². The van der Waals surface area contributed by atoms with Crippen LogP contribution in [0, 0.1) is 11.8 Å². The van der Waals surface area contributed by atoms with Gasteiger partial charge in [0, 0.05) is 0 Å². The molecule has 0 aromatic rings. The first kappa shape index (κ1) is 41.1. The van der Waals surface area contributed by atoms with E-state index in [-0.39, 0.29) is 42.9 Å². The zero-order valence-corrected chi connectivity index (χ0v) is 24.0. The molecule has 0 spiro atoms. The Morgan fingerprint density at radius 3 is 0.968 bits per heavy atom. The first-order valence-electron chi connectivity index (χ1n) is 11.1. The van der Waals surface area contributed by atoms with E-state index in [2.05, 4.69) is 107 Å². The molecule has 0 bridgehead atoms. The zero-order chi connectivity index (χ0) is 25.0. The van der Waals surface area contributed by atoms with Crippen molar-refractivity contribution in [3.8, 4) is 0 Å². The molecule has 186 valence electrons. The molecule has 7 heteroatoms. The standard InChI is InChI=1S/2C11H24N2.2CHO.Ru/c2*1-7-11(5,6)13-10(9(3)4)12-8-2;2*1-2;/h2*9-10H,7-8H2,1-6H3;2*1H;/q2*-2;2*-1;+6. The molecule has 0 aliphatic carbocycles. The van der Waals surface area contributed by atoms with Crippen LogP contribution < -0.4 is 0 Å². The maximum absolute atomic E-state index is 7.75. The monoisotopic (exact) mass is 528 g/mol. The second-order valence-corrected chi connectivity index (χ2v) is 8.90. The molecular formula is C24H50N4O2Ru. The fourth-order valence-corrected chi connectivity index (χ4v) is 2.07. The molecule has 0 aromatic heterocycles. The molecule has 0 N–H and O–H groups in total. The van der Waals surface area contributed by atoms with Crippen molar-refractivity contribution in [1.29, 1.82) is 0 Å². The van der Waals surface area contributed by atoms with E-state index in [1.165, 1.54) is 0 Å². The molecule has 0 aliphatic heterocycles. The van der Waals surface area contributed by atoms with Crippen LogP contribution in [0.2, 0.25) is 0 Å². The Balaban J connectivity index is -0.000000122. The molecule has 0 fully saturated rings.